The molecule has 1 aromatic carbocycles. The molecule has 1 saturated heterocycles. The minimum absolute atomic E-state index is 0.246. The van der Waals surface area contributed by atoms with Crippen LogP contribution in [-0.4, -0.2) is 37.1 Å². The number of carbonyl (C=O) groups excluding carboxylic acids is 2. The van der Waals surface area contributed by atoms with Gasteiger partial charge in [0.2, 0.25) is 0 Å². The van der Waals surface area contributed by atoms with Crippen LogP contribution in [-0.2, 0) is 20.7 Å². The molecule has 3 rings (SSSR count). The van der Waals surface area contributed by atoms with Gasteiger partial charge in [0.15, 0.2) is 6.61 Å². The number of benzene rings is 1. The van der Waals surface area contributed by atoms with Crippen LogP contribution in [0.4, 0.5) is 0 Å². The Labute approximate surface area is 152 Å². The zero-order valence-electron chi connectivity index (χ0n) is 14.1. The molecule has 1 amide bonds. The van der Waals surface area contributed by atoms with E-state index in [9.17, 15) is 9.59 Å². The number of nitrogens with one attached hydrogen (secondary N) is 3. The molecule has 6 nitrogen and oxygen atoms in total. The molecule has 136 valence electrons. The van der Waals surface area contributed by atoms with Gasteiger partial charge >= 0.3 is 5.97 Å². The Bertz CT molecular complexity index is 625. The maximum atomic E-state index is 12.2. The maximum Gasteiger partial charge on any atom is 0.325 e. The molecule has 3 atom stereocenters. The molecule has 0 radical (unpaired) electrons. The van der Waals surface area contributed by atoms with E-state index < -0.39 is 0 Å². The van der Waals surface area contributed by atoms with Gasteiger partial charge in [-0.25, -0.2) is 5.43 Å². The van der Waals surface area contributed by atoms with Crippen molar-refractivity contribution in [3.8, 4) is 0 Å². The molecule has 3 N–H and O–H groups in total. The fourth-order valence-corrected chi connectivity index (χ4v) is 3.80. The molecule has 0 bridgehead atoms. The highest BCUT2D eigenvalue weighted by atomic mass is 35.5. The number of carbonyl (C=O) groups is 2. The fourth-order valence-electron chi connectivity index (χ4n) is 3.59. The summed E-state index contributed by atoms with van der Waals surface area (Å²) in [7, 11) is 0. The highest BCUT2D eigenvalue weighted by Crippen LogP contribution is 2.30. The summed E-state index contributed by atoms with van der Waals surface area (Å²) in [5.41, 5.74) is 7.25. The number of fused-ring (bicyclic) bond motifs is 1. The van der Waals surface area contributed by atoms with Crippen LogP contribution in [0.5, 0.6) is 0 Å². The Morgan fingerprint density at radius 3 is 2.92 bits per heavy atom. The zero-order valence-corrected chi connectivity index (χ0v) is 14.8. The highest BCUT2D eigenvalue weighted by molar-refractivity contribution is 6.30. The lowest BCUT2D eigenvalue weighted by atomic mass is 9.82. The van der Waals surface area contributed by atoms with Gasteiger partial charge in [-0.3, -0.25) is 15.0 Å². The van der Waals surface area contributed by atoms with Crippen LogP contribution in [0.25, 0.3) is 0 Å². The zero-order chi connectivity index (χ0) is 17.6. The van der Waals surface area contributed by atoms with E-state index in [1.54, 1.807) is 0 Å². The Hall–Kier alpha value is -1.63. The summed E-state index contributed by atoms with van der Waals surface area (Å²) in [5.74, 6) is -0.388. The lowest BCUT2D eigenvalue weighted by molar-refractivity contribution is -0.151. The van der Waals surface area contributed by atoms with Crippen molar-refractivity contribution in [2.24, 2.45) is 5.92 Å². The third kappa shape index (κ3) is 4.93. The van der Waals surface area contributed by atoms with E-state index in [1.165, 1.54) is 6.42 Å². The minimum atomic E-state index is -0.357. The first-order chi connectivity index (χ1) is 12.1. The van der Waals surface area contributed by atoms with Crippen molar-refractivity contribution in [3.05, 3.63) is 34.9 Å². The average molecular weight is 366 g/mol. The summed E-state index contributed by atoms with van der Waals surface area (Å²) in [6.45, 7) is 0.231. The number of hydrogen-bond acceptors (Lipinski definition) is 5. The largest absolute Gasteiger partial charge is 0.454 e. The van der Waals surface area contributed by atoms with Gasteiger partial charge in [0.1, 0.15) is 6.04 Å². The van der Waals surface area contributed by atoms with Gasteiger partial charge in [0, 0.05) is 23.5 Å². The van der Waals surface area contributed by atoms with Crippen LogP contribution >= 0.6 is 11.6 Å². The molecule has 25 heavy (non-hydrogen) atoms. The van der Waals surface area contributed by atoms with Crippen LogP contribution in [0.2, 0.25) is 5.02 Å². The summed E-state index contributed by atoms with van der Waals surface area (Å²) < 4.78 is 5.18. The minimum Gasteiger partial charge on any atom is -0.454 e. The van der Waals surface area contributed by atoms with Crippen LogP contribution in [0.1, 0.15) is 31.2 Å². The second-order valence-corrected chi connectivity index (χ2v) is 7.10. The molecular formula is C18H24ClN3O3. The van der Waals surface area contributed by atoms with Crippen LogP contribution in [0, 0.1) is 5.92 Å². The highest BCUT2D eigenvalue weighted by Gasteiger charge is 2.41. The van der Waals surface area contributed by atoms with Gasteiger partial charge in [0.05, 0.1) is 0 Å². The number of rotatable bonds is 6. The molecule has 1 aliphatic heterocycles. The van der Waals surface area contributed by atoms with E-state index in [-0.39, 0.29) is 30.4 Å². The molecule has 0 aromatic heterocycles. The van der Waals surface area contributed by atoms with E-state index >= 15 is 0 Å². The summed E-state index contributed by atoms with van der Waals surface area (Å²) in [6.07, 6.45) is 5.09. The van der Waals surface area contributed by atoms with Crippen molar-refractivity contribution in [2.45, 2.75) is 44.2 Å². The summed E-state index contributed by atoms with van der Waals surface area (Å²) in [4.78, 5) is 24.1. The Kier molecular flexibility index (Phi) is 6.29. The molecule has 7 heteroatoms. The summed E-state index contributed by atoms with van der Waals surface area (Å²) >= 11 is 5.93. The van der Waals surface area contributed by atoms with E-state index in [0.29, 0.717) is 24.0 Å². The summed E-state index contributed by atoms with van der Waals surface area (Å²) in [5, 5.41) is 3.43. The van der Waals surface area contributed by atoms with Crippen molar-refractivity contribution in [1.82, 2.24) is 16.2 Å². The maximum absolute atomic E-state index is 12.2. The van der Waals surface area contributed by atoms with Crippen LogP contribution < -0.4 is 16.2 Å². The van der Waals surface area contributed by atoms with Gasteiger partial charge in [-0.15, -0.1) is 0 Å². The van der Waals surface area contributed by atoms with E-state index in [1.807, 2.05) is 24.3 Å². The Morgan fingerprint density at radius 1 is 1.24 bits per heavy atom. The average Bonchev–Trinajstić information content (AvgIpc) is 3.04. The second kappa shape index (κ2) is 8.65. The number of amides is 1. The molecule has 1 heterocycles. The van der Waals surface area contributed by atoms with Gasteiger partial charge < -0.3 is 10.1 Å². The summed E-state index contributed by atoms with van der Waals surface area (Å²) in [6, 6.07) is 7.49. The molecule has 1 aliphatic carbocycles. The predicted octanol–water partition coefficient (Wildman–Crippen LogP) is 1.58. The first-order valence-electron chi connectivity index (χ1n) is 8.82. The van der Waals surface area contributed by atoms with Crippen LogP contribution in [0.3, 0.4) is 0 Å². The fraction of sp³-hybridized carbons (Fsp3) is 0.556. The molecule has 2 aliphatic rings. The second-order valence-electron chi connectivity index (χ2n) is 6.66. The Balaban J connectivity index is 1.36. The topological polar surface area (TPSA) is 79.5 Å². The number of halogens is 1. The monoisotopic (exact) mass is 365 g/mol. The molecule has 0 spiro atoms. The number of hydrogen-bond donors (Lipinski definition) is 3. The predicted molar refractivity (Wildman–Crippen MR) is 94.9 cm³/mol. The first kappa shape index (κ1) is 18.2. The van der Waals surface area contributed by atoms with Crippen LogP contribution in [0.15, 0.2) is 24.3 Å². The van der Waals surface area contributed by atoms with E-state index in [2.05, 4.69) is 16.2 Å². The van der Waals surface area contributed by atoms with E-state index in [0.717, 1.165) is 24.8 Å². The third-order valence-corrected chi connectivity index (χ3v) is 5.13. The third-order valence-electron chi connectivity index (χ3n) is 4.90. The van der Waals surface area contributed by atoms with Crippen molar-refractivity contribution < 1.29 is 14.3 Å². The van der Waals surface area contributed by atoms with Crippen molar-refractivity contribution >= 4 is 23.5 Å². The first-order valence-corrected chi connectivity index (χ1v) is 9.20. The number of ether oxygens (including phenoxy) is 1. The van der Waals surface area contributed by atoms with Gasteiger partial charge in [-0.2, -0.15) is 0 Å². The lowest BCUT2D eigenvalue weighted by Gasteiger charge is -2.26. The number of esters is 1. The molecule has 1 aromatic rings. The normalized spacial score (nSPS) is 25.2. The van der Waals surface area contributed by atoms with E-state index in [4.69, 9.17) is 16.3 Å². The molecule has 1 saturated carbocycles. The molecule has 2 fully saturated rings. The Morgan fingerprint density at radius 2 is 2.08 bits per heavy atom. The van der Waals surface area contributed by atoms with Gasteiger partial charge in [-0.1, -0.05) is 36.6 Å². The standard InChI is InChI=1S/C18H24ClN3O3/c19-13-5-3-4-12(10-13)8-9-20-16(23)11-25-18(24)17-14-6-1-2-7-15(14)21-22-17/h3-5,10,14-15,17,21-22H,1-2,6-9,11H2,(H,20,23). The SMILES string of the molecule is O=C(COC(=O)C1NNC2CCCCC21)NCCc1cccc(Cl)c1. The molecule has 3 unspecified atom stereocenters. The van der Waals surface area contributed by atoms with Gasteiger partial charge in [0.25, 0.3) is 5.91 Å². The quantitative estimate of drug-likeness (QED) is 0.667. The van der Waals surface area contributed by atoms with Gasteiger partial charge in [-0.05, 0) is 37.0 Å². The smallest absolute Gasteiger partial charge is 0.325 e. The number of hydrazine groups is 1. The van der Waals surface area contributed by atoms with Crippen molar-refractivity contribution in [3.63, 3.8) is 0 Å². The van der Waals surface area contributed by atoms with Crippen molar-refractivity contribution in [1.29, 1.82) is 0 Å². The lowest BCUT2D eigenvalue weighted by Crippen LogP contribution is -2.41. The molecular weight excluding hydrogens is 342 g/mol. The van der Waals surface area contributed by atoms with Crippen molar-refractivity contribution in [2.75, 3.05) is 13.2 Å².